The van der Waals surface area contributed by atoms with Gasteiger partial charge in [0.1, 0.15) is 0 Å². The van der Waals surface area contributed by atoms with Crippen molar-refractivity contribution >= 4 is 67.3 Å². The Balaban J connectivity index is 0.000000166. The predicted octanol–water partition coefficient (Wildman–Crippen LogP) is 7.98. The minimum Gasteiger partial charge on any atom is -0.298 e. The lowest BCUT2D eigenvalue weighted by atomic mass is 10.0. The third kappa shape index (κ3) is 5.25. The van der Waals surface area contributed by atoms with E-state index in [1.54, 1.807) is 11.8 Å². The zero-order valence-corrected chi connectivity index (χ0v) is 19.7. The Hall–Kier alpha value is -1.75. The zero-order valence-electron chi connectivity index (χ0n) is 16.5. The van der Waals surface area contributed by atoms with Crippen molar-refractivity contribution in [2.45, 2.75) is 11.5 Å². The van der Waals surface area contributed by atoms with Gasteiger partial charge in [-0.3, -0.25) is 4.79 Å². The molecule has 4 aromatic carbocycles. The van der Waals surface area contributed by atoms with Gasteiger partial charge in [0.2, 0.25) is 0 Å². The molecule has 4 aromatic rings. The fourth-order valence-electron chi connectivity index (χ4n) is 3.31. The van der Waals surface area contributed by atoms with Crippen LogP contribution in [0.15, 0.2) is 77.3 Å². The molecule has 0 aromatic heterocycles. The van der Waals surface area contributed by atoms with Gasteiger partial charge in [0.15, 0.2) is 6.29 Å². The second-order valence-electron chi connectivity index (χ2n) is 6.60. The van der Waals surface area contributed by atoms with Gasteiger partial charge in [0.25, 0.3) is 0 Å². The van der Waals surface area contributed by atoms with Crippen LogP contribution in [-0.2, 0) is 11.5 Å². The molecule has 4 rings (SSSR count). The van der Waals surface area contributed by atoms with E-state index in [1.165, 1.54) is 20.8 Å². The normalized spacial score (nSPS) is 10.6. The molecule has 0 bridgehead atoms. The lowest BCUT2D eigenvalue weighted by molar-refractivity contribution is 0.112. The van der Waals surface area contributed by atoms with E-state index in [4.69, 9.17) is 0 Å². The Bertz CT molecular complexity index is 1120. The molecule has 0 spiro atoms. The molecule has 0 fully saturated rings. The average molecular weight is 483 g/mol. The van der Waals surface area contributed by atoms with Gasteiger partial charge in [-0.1, -0.05) is 72.8 Å². The number of fused-ring (bicyclic) bond motifs is 2. The van der Waals surface area contributed by atoms with E-state index >= 15 is 0 Å². The van der Waals surface area contributed by atoms with Crippen LogP contribution in [0.2, 0.25) is 0 Å². The lowest BCUT2D eigenvalue weighted by Crippen LogP contribution is -1.92. The van der Waals surface area contributed by atoms with E-state index in [2.05, 4.69) is 64.7 Å². The van der Waals surface area contributed by atoms with Crippen molar-refractivity contribution in [1.29, 1.82) is 0 Å². The highest BCUT2D eigenvalue weighted by Gasteiger charge is 2.05. The van der Waals surface area contributed by atoms with Crippen LogP contribution in [0, 0.1) is 0 Å². The van der Waals surface area contributed by atoms with Crippen molar-refractivity contribution in [2.75, 3.05) is 12.5 Å². The van der Waals surface area contributed by atoms with Gasteiger partial charge in [-0.05, 0) is 61.1 Å². The van der Waals surface area contributed by atoms with Crippen molar-refractivity contribution < 1.29 is 4.79 Å². The lowest BCUT2D eigenvalue weighted by Gasteiger charge is -2.06. The first-order chi connectivity index (χ1) is 14.2. The molecule has 148 valence electrons. The maximum absolute atomic E-state index is 11.1. The Morgan fingerprint density at radius 2 is 1.24 bits per heavy atom. The van der Waals surface area contributed by atoms with Gasteiger partial charge in [-0.25, -0.2) is 0 Å². The monoisotopic (exact) mass is 482 g/mol. The number of hydrogen-bond donors (Lipinski definition) is 0. The average Bonchev–Trinajstić information content (AvgIpc) is 2.76. The maximum Gasteiger partial charge on any atom is 0.150 e. The summed E-state index contributed by atoms with van der Waals surface area (Å²) in [4.78, 5) is 11.1. The minimum atomic E-state index is 0.836. The van der Waals surface area contributed by atoms with Gasteiger partial charge in [0, 0.05) is 21.5 Å². The molecule has 0 aliphatic heterocycles. The molecule has 0 N–H and O–H groups in total. The zero-order chi connectivity index (χ0) is 20.6. The molecule has 0 atom stereocenters. The first-order valence-corrected chi connectivity index (χ1v) is 12.9. The highest BCUT2D eigenvalue weighted by Crippen LogP contribution is 2.29. The predicted molar refractivity (Wildman–Crippen MR) is 135 cm³/mol. The largest absolute Gasteiger partial charge is 0.298 e. The third-order valence-electron chi connectivity index (χ3n) is 4.72. The summed E-state index contributed by atoms with van der Waals surface area (Å²) < 4.78 is 1.24. The van der Waals surface area contributed by atoms with E-state index in [9.17, 15) is 4.79 Å². The van der Waals surface area contributed by atoms with E-state index < -0.39 is 0 Å². The second kappa shape index (κ2) is 10.9. The van der Waals surface area contributed by atoms with Gasteiger partial charge in [-0.15, -0.1) is 0 Å². The highest BCUT2D eigenvalue weighted by molar-refractivity contribution is 9.10. The summed E-state index contributed by atoms with van der Waals surface area (Å²) in [5.41, 5.74) is 3.33. The van der Waals surface area contributed by atoms with Gasteiger partial charge in [-0.2, -0.15) is 23.5 Å². The molecule has 0 saturated heterocycles. The molecule has 0 aliphatic carbocycles. The topological polar surface area (TPSA) is 17.1 Å². The maximum atomic E-state index is 11.1. The van der Waals surface area contributed by atoms with E-state index in [0.717, 1.165) is 39.7 Å². The third-order valence-corrected chi connectivity index (χ3v) is 6.86. The highest BCUT2D eigenvalue weighted by atomic mass is 79.9. The summed E-state index contributed by atoms with van der Waals surface area (Å²) in [5, 5.41) is 4.78. The van der Waals surface area contributed by atoms with Crippen molar-refractivity contribution in [3.05, 3.63) is 94.0 Å². The number of carbonyl (C=O) groups is 1. The van der Waals surface area contributed by atoms with Crippen LogP contribution in [0.5, 0.6) is 0 Å². The van der Waals surface area contributed by atoms with Crippen LogP contribution in [-0.4, -0.2) is 18.8 Å². The Kier molecular flexibility index (Phi) is 8.22. The van der Waals surface area contributed by atoms with Gasteiger partial charge >= 0.3 is 0 Å². The minimum absolute atomic E-state index is 0.836. The fourth-order valence-corrected chi connectivity index (χ4v) is 5.24. The Labute approximate surface area is 189 Å². The van der Waals surface area contributed by atoms with Crippen LogP contribution in [0.3, 0.4) is 0 Å². The standard InChI is InChI=1S/C13H12OS.C12H11BrS/c1-15-9-11-7-6-10-4-2-3-5-12(10)13(11)8-14;1-14-8-10-7-6-9-4-2-3-5-11(9)12(10)13/h2-8H,9H2,1H3;2-7H,8H2,1H3. The van der Waals surface area contributed by atoms with E-state index in [0.29, 0.717) is 0 Å². The molecular weight excluding hydrogens is 460 g/mol. The Morgan fingerprint density at radius 3 is 1.86 bits per heavy atom. The van der Waals surface area contributed by atoms with E-state index in [1.807, 2.05) is 48.3 Å². The summed E-state index contributed by atoms with van der Waals surface area (Å²) in [6.45, 7) is 0. The van der Waals surface area contributed by atoms with Crippen molar-refractivity contribution in [3.63, 3.8) is 0 Å². The number of halogens is 1. The fraction of sp³-hybridized carbons (Fsp3) is 0.160. The molecule has 0 radical (unpaired) electrons. The molecule has 29 heavy (non-hydrogen) atoms. The molecule has 0 aliphatic rings. The molecule has 0 heterocycles. The van der Waals surface area contributed by atoms with Gasteiger partial charge < -0.3 is 0 Å². The quantitative estimate of drug-likeness (QED) is 0.268. The Morgan fingerprint density at radius 1 is 0.724 bits per heavy atom. The molecule has 0 unspecified atom stereocenters. The summed E-state index contributed by atoms with van der Waals surface area (Å²) in [5.74, 6) is 1.95. The number of aldehydes is 1. The summed E-state index contributed by atoms with van der Waals surface area (Å²) >= 11 is 7.25. The molecule has 0 saturated carbocycles. The number of carbonyl (C=O) groups excluding carboxylic acids is 1. The number of benzene rings is 4. The smallest absolute Gasteiger partial charge is 0.150 e. The van der Waals surface area contributed by atoms with Crippen LogP contribution < -0.4 is 0 Å². The van der Waals surface area contributed by atoms with Crippen LogP contribution >= 0.6 is 39.5 Å². The second-order valence-corrected chi connectivity index (χ2v) is 9.13. The number of hydrogen-bond acceptors (Lipinski definition) is 3. The molecule has 0 amide bonds. The molecule has 1 nitrogen and oxygen atoms in total. The summed E-state index contributed by atoms with van der Waals surface area (Å²) in [6, 6.07) is 25.0. The van der Waals surface area contributed by atoms with Crippen molar-refractivity contribution in [3.8, 4) is 0 Å². The van der Waals surface area contributed by atoms with Crippen molar-refractivity contribution in [2.24, 2.45) is 0 Å². The molecule has 4 heteroatoms. The van der Waals surface area contributed by atoms with Crippen LogP contribution in [0.1, 0.15) is 21.5 Å². The number of thioether (sulfide) groups is 2. The SMILES string of the molecule is CSCc1ccc2ccccc2c1Br.CSCc1ccc2ccccc2c1C=O. The molecular formula is C25H23BrOS2. The summed E-state index contributed by atoms with van der Waals surface area (Å²) in [7, 11) is 0. The van der Waals surface area contributed by atoms with Crippen LogP contribution in [0.4, 0.5) is 0 Å². The first kappa shape index (κ1) is 21.9. The van der Waals surface area contributed by atoms with Gasteiger partial charge in [0.05, 0.1) is 0 Å². The summed E-state index contributed by atoms with van der Waals surface area (Å²) in [6.07, 6.45) is 5.14. The number of rotatable bonds is 5. The van der Waals surface area contributed by atoms with E-state index in [-0.39, 0.29) is 0 Å². The van der Waals surface area contributed by atoms with Crippen molar-refractivity contribution in [1.82, 2.24) is 0 Å². The first-order valence-electron chi connectivity index (χ1n) is 9.29. The van der Waals surface area contributed by atoms with Crippen LogP contribution in [0.25, 0.3) is 21.5 Å².